The van der Waals surface area contributed by atoms with Gasteiger partial charge < -0.3 is 15.0 Å². The Kier molecular flexibility index (Phi) is 4.41. The Hall–Kier alpha value is -0.350. The monoisotopic (exact) mass is 242 g/mol. The second-order valence-electron chi connectivity index (χ2n) is 4.95. The Bertz CT molecular complexity index is 235. The van der Waals surface area contributed by atoms with E-state index in [1.54, 1.807) is 0 Å². The van der Waals surface area contributed by atoms with Crippen molar-refractivity contribution in [3.8, 4) is 0 Å². The van der Waals surface area contributed by atoms with Crippen LogP contribution in [0.2, 0.25) is 0 Å². The lowest BCUT2D eigenvalue weighted by atomic mass is 10.2. The molecule has 92 valence electrons. The van der Waals surface area contributed by atoms with Crippen LogP contribution in [0.25, 0.3) is 0 Å². The summed E-state index contributed by atoms with van der Waals surface area (Å²) in [7, 11) is 2.06. The van der Waals surface area contributed by atoms with Crippen LogP contribution < -0.4 is 5.32 Å². The summed E-state index contributed by atoms with van der Waals surface area (Å²) < 4.78 is 5.61. The van der Waals surface area contributed by atoms with Crippen LogP contribution in [0.4, 0.5) is 0 Å². The number of rotatable bonds is 3. The predicted molar refractivity (Wildman–Crippen MR) is 69.6 cm³/mol. The fourth-order valence-electron chi connectivity index (χ4n) is 2.53. The predicted octanol–water partition coefficient (Wildman–Crippen LogP) is 1.91. The molecule has 1 aliphatic carbocycles. The largest absolute Gasteiger partial charge is 0.376 e. The summed E-state index contributed by atoms with van der Waals surface area (Å²) in [6, 6.07) is 0.611. The van der Waals surface area contributed by atoms with Gasteiger partial charge in [-0.05, 0) is 37.9 Å². The molecule has 16 heavy (non-hydrogen) atoms. The molecule has 0 aromatic carbocycles. The van der Waals surface area contributed by atoms with Gasteiger partial charge in [-0.15, -0.1) is 0 Å². The number of nitrogens with one attached hydrogen (secondary N) is 1. The average Bonchev–Trinajstić information content (AvgIpc) is 2.90. The summed E-state index contributed by atoms with van der Waals surface area (Å²) >= 11 is 5.41. The molecule has 1 atom stereocenters. The molecule has 1 unspecified atom stereocenters. The fourth-order valence-corrected chi connectivity index (χ4v) is 2.77. The summed E-state index contributed by atoms with van der Waals surface area (Å²) in [6.45, 7) is 1.85. The number of hydrogen-bond donors (Lipinski definition) is 1. The molecule has 1 saturated carbocycles. The standard InChI is InChI=1S/C12H22N2OS/c1-14(9-11-7-4-8-15-11)12(16)13-10-5-2-3-6-10/h10-11H,2-9H2,1H3,(H,13,16). The number of thiocarbonyl (C=S) groups is 1. The molecule has 4 heteroatoms. The van der Waals surface area contributed by atoms with Crippen LogP contribution in [0, 0.1) is 0 Å². The molecule has 2 aliphatic rings. The Morgan fingerprint density at radius 2 is 2.06 bits per heavy atom. The molecule has 2 fully saturated rings. The van der Waals surface area contributed by atoms with Gasteiger partial charge in [0.15, 0.2) is 5.11 Å². The molecule has 0 bridgehead atoms. The first kappa shape index (κ1) is 12.1. The molecule has 0 amide bonds. The minimum absolute atomic E-state index is 0.383. The minimum atomic E-state index is 0.383. The smallest absolute Gasteiger partial charge is 0.168 e. The van der Waals surface area contributed by atoms with Crippen molar-refractivity contribution >= 4 is 17.3 Å². The maximum atomic E-state index is 5.61. The van der Waals surface area contributed by atoms with Crippen molar-refractivity contribution in [2.75, 3.05) is 20.2 Å². The average molecular weight is 242 g/mol. The van der Waals surface area contributed by atoms with Gasteiger partial charge in [0.2, 0.25) is 0 Å². The topological polar surface area (TPSA) is 24.5 Å². The minimum Gasteiger partial charge on any atom is -0.376 e. The Labute approximate surface area is 104 Å². The van der Waals surface area contributed by atoms with Crippen LogP contribution in [0.5, 0.6) is 0 Å². The van der Waals surface area contributed by atoms with Crippen LogP contribution in [-0.4, -0.2) is 42.4 Å². The van der Waals surface area contributed by atoms with E-state index < -0.39 is 0 Å². The number of hydrogen-bond acceptors (Lipinski definition) is 2. The van der Waals surface area contributed by atoms with Crippen molar-refractivity contribution in [3.05, 3.63) is 0 Å². The third-order valence-electron chi connectivity index (χ3n) is 3.53. The number of likely N-dealkylation sites (N-methyl/N-ethyl adjacent to an activating group) is 1. The normalized spacial score (nSPS) is 25.9. The quantitative estimate of drug-likeness (QED) is 0.764. The van der Waals surface area contributed by atoms with E-state index in [-0.39, 0.29) is 0 Å². The second-order valence-corrected chi connectivity index (χ2v) is 5.33. The van der Waals surface area contributed by atoms with Crippen molar-refractivity contribution in [1.82, 2.24) is 10.2 Å². The SMILES string of the molecule is CN(CC1CCCO1)C(=S)NC1CCCC1. The van der Waals surface area contributed by atoms with Crippen LogP contribution in [0.1, 0.15) is 38.5 Å². The van der Waals surface area contributed by atoms with Crippen molar-refractivity contribution in [3.63, 3.8) is 0 Å². The molecule has 1 saturated heterocycles. The summed E-state index contributed by atoms with van der Waals surface area (Å²) in [4.78, 5) is 2.13. The molecule has 0 aromatic rings. The van der Waals surface area contributed by atoms with E-state index in [1.807, 2.05) is 0 Å². The van der Waals surface area contributed by atoms with Crippen LogP contribution in [-0.2, 0) is 4.74 Å². The lowest BCUT2D eigenvalue weighted by Gasteiger charge is -2.26. The maximum Gasteiger partial charge on any atom is 0.168 e. The molecular formula is C12H22N2OS. The molecule has 0 aromatic heterocycles. The molecule has 0 spiro atoms. The van der Waals surface area contributed by atoms with Gasteiger partial charge in [0, 0.05) is 26.2 Å². The van der Waals surface area contributed by atoms with Gasteiger partial charge in [-0.25, -0.2) is 0 Å². The van der Waals surface area contributed by atoms with Crippen molar-refractivity contribution in [2.45, 2.75) is 50.7 Å². The second kappa shape index (κ2) is 5.82. The van der Waals surface area contributed by atoms with E-state index in [1.165, 1.54) is 38.5 Å². The zero-order valence-electron chi connectivity index (χ0n) is 10.1. The molecule has 1 aliphatic heterocycles. The van der Waals surface area contributed by atoms with E-state index in [2.05, 4.69) is 17.3 Å². The van der Waals surface area contributed by atoms with Gasteiger partial charge in [-0.3, -0.25) is 0 Å². The molecule has 3 nitrogen and oxygen atoms in total. The van der Waals surface area contributed by atoms with E-state index in [9.17, 15) is 0 Å². The van der Waals surface area contributed by atoms with Gasteiger partial charge in [-0.2, -0.15) is 0 Å². The third kappa shape index (κ3) is 3.32. The first-order valence-corrected chi connectivity index (χ1v) is 6.80. The highest BCUT2D eigenvalue weighted by Crippen LogP contribution is 2.18. The summed E-state index contributed by atoms with van der Waals surface area (Å²) in [6.07, 6.45) is 7.98. The van der Waals surface area contributed by atoms with Gasteiger partial charge in [0.1, 0.15) is 0 Å². The highest BCUT2D eigenvalue weighted by molar-refractivity contribution is 7.80. The van der Waals surface area contributed by atoms with E-state index >= 15 is 0 Å². The maximum absolute atomic E-state index is 5.61. The lowest BCUT2D eigenvalue weighted by Crippen LogP contribution is -2.44. The van der Waals surface area contributed by atoms with E-state index in [0.717, 1.165) is 18.3 Å². The third-order valence-corrected chi connectivity index (χ3v) is 3.96. The Morgan fingerprint density at radius 3 is 2.69 bits per heavy atom. The van der Waals surface area contributed by atoms with Crippen LogP contribution in [0.3, 0.4) is 0 Å². The number of nitrogens with zero attached hydrogens (tertiary/aromatic N) is 1. The molecule has 0 radical (unpaired) electrons. The van der Waals surface area contributed by atoms with Crippen LogP contribution >= 0.6 is 12.2 Å². The van der Waals surface area contributed by atoms with Gasteiger partial charge in [0.05, 0.1) is 6.10 Å². The zero-order chi connectivity index (χ0) is 11.4. The molecule has 1 heterocycles. The van der Waals surface area contributed by atoms with Crippen LogP contribution in [0.15, 0.2) is 0 Å². The van der Waals surface area contributed by atoms with E-state index in [0.29, 0.717) is 12.1 Å². The van der Waals surface area contributed by atoms with Gasteiger partial charge >= 0.3 is 0 Å². The lowest BCUT2D eigenvalue weighted by molar-refractivity contribution is 0.0956. The van der Waals surface area contributed by atoms with Gasteiger partial charge in [-0.1, -0.05) is 12.8 Å². The summed E-state index contributed by atoms with van der Waals surface area (Å²) in [5, 5.41) is 4.35. The Balaban J connectivity index is 1.70. The van der Waals surface area contributed by atoms with E-state index in [4.69, 9.17) is 17.0 Å². The fraction of sp³-hybridized carbons (Fsp3) is 0.917. The first-order chi connectivity index (χ1) is 7.75. The molecular weight excluding hydrogens is 220 g/mol. The number of ether oxygens (including phenoxy) is 1. The summed E-state index contributed by atoms with van der Waals surface area (Å²) in [5.74, 6) is 0. The summed E-state index contributed by atoms with van der Waals surface area (Å²) in [5.41, 5.74) is 0. The molecule has 2 rings (SSSR count). The first-order valence-electron chi connectivity index (χ1n) is 6.39. The van der Waals surface area contributed by atoms with Crippen molar-refractivity contribution in [1.29, 1.82) is 0 Å². The molecule has 1 N–H and O–H groups in total. The Morgan fingerprint density at radius 1 is 1.31 bits per heavy atom. The zero-order valence-corrected chi connectivity index (χ0v) is 10.9. The highest BCUT2D eigenvalue weighted by Gasteiger charge is 2.21. The highest BCUT2D eigenvalue weighted by atomic mass is 32.1. The van der Waals surface area contributed by atoms with Gasteiger partial charge in [0.25, 0.3) is 0 Å². The van der Waals surface area contributed by atoms with Crippen molar-refractivity contribution in [2.24, 2.45) is 0 Å². The van der Waals surface area contributed by atoms with Crippen molar-refractivity contribution < 1.29 is 4.74 Å².